The van der Waals surface area contributed by atoms with Gasteiger partial charge in [-0.1, -0.05) is 12.1 Å². The zero-order valence-electron chi connectivity index (χ0n) is 24.5. The van der Waals surface area contributed by atoms with Crippen molar-refractivity contribution in [2.24, 2.45) is 5.92 Å². The maximum absolute atomic E-state index is 14.1. The minimum Gasteiger partial charge on any atom is -0.453 e. The first kappa shape index (κ1) is 32.0. The summed E-state index contributed by atoms with van der Waals surface area (Å²) in [5.74, 6) is -2.78. The molecule has 1 fully saturated rings. The van der Waals surface area contributed by atoms with Gasteiger partial charge in [-0.2, -0.15) is 0 Å². The number of fused-ring (bicyclic) bond motifs is 1. The van der Waals surface area contributed by atoms with E-state index in [1.54, 1.807) is 20.2 Å². The number of hydrogen-bond acceptors (Lipinski definition) is 8. The van der Waals surface area contributed by atoms with Gasteiger partial charge in [-0.15, -0.1) is 0 Å². The lowest BCUT2D eigenvalue weighted by molar-refractivity contribution is -0.123. The predicted octanol–water partition coefficient (Wildman–Crippen LogP) is 3.18. The SMILES string of the molecule is COC(=O)N[C@@H](CC/C=C/C(=O)N(C)C)C(=O)Cc1cccn(Cc2nc3cc(F)c(F)cc3n2C(=O)OCC2CC2)c1=O. The zero-order chi connectivity index (χ0) is 32.0. The summed E-state index contributed by atoms with van der Waals surface area (Å²) in [6.07, 6.45) is 4.63. The molecular weight excluding hydrogens is 580 g/mol. The number of ether oxygens (including phenoxy) is 2. The fraction of sp³-hybridized carbons (Fsp3) is 0.400. The molecule has 44 heavy (non-hydrogen) atoms. The summed E-state index contributed by atoms with van der Waals surface area (Å²) in [6, 6.07) is 3.68. The second-order valence-corrected chi connectivity index (χ2v) is 10.6. The maximum atomic E-state index is 14.1. The molecular formula is C30H33F2N5O7. The first-order chi connectivity index (χ1) is 21.0. The molecule has 3 aromatic rings. The fourth-order valence-electron chi connectivity index (χ4n) is 4.39. The highest BCUT2D eigenvalue weighted by molar-refractivity contribution is 5.89. The van der Waals surface area contributed by atoms with Crippen LogP contribution in [0.15, 0.2) is 47.4 Å². The number of likely N-dealkylation sites (N-methyl/N-ethyl adjacent to an activating group) is 1. The van der Waals surface area contributed by atoms with Crippen LogP contribution in [0.2, 0.25) is 0 Å². The molecule has 0 unspecified atom stereocenters. The van der Waals surface area contributed by atoms with Crippen molar-refractivity contribution in [3.8, 4) is 0 Å². The summed E-state index contributed by atoms with van der Waals surface area (Å²) in [7, 11) is 4.35. The lowest BCUT2D eigenvalue weighted by atomic mass is 10.0. The molecule has 12 nitrogen and oxygen atoms in total. The number of imidazole rings is 1. The van der Waals surface area contributed by atoms with Gasteiger partial charge in [0.15, 0.2) is 17.4 Å². The minimum absolute atomic E-state index is 0.000268. The van der Waals surface area contributed by atoms with Crippen LogP contribution >= 0.6 is 0 Å². The highest BCUT2D eigenvalue weighted by Crippen LogP contribution is 2.29. The molecule has 0 radical (unpaired) electrons. The van der Waals surface area contributed by atoms with Crippen molar-refractivity contribution in [3.63, 3.8) is 0 Å². The van der Waals surface area contributed by atoms with Gasteiger partial charge in [-0.3, -0.25) is 14.4 Å². The Morgan fingerprint density at radius 2 is 1.91 bits per heavy atom. The van der Waals surface area contributed by atoms with Crippen LogP contribution in [0, 0.1) is 17.6 Å². The van der Waals surface area contributed by atoms with Crippen molar-refractivity contribution in [1.82, 2.24) is 24.3 Å². The van der Waals surface area contributed by atoms with Crippen molar-refractivity contribution >= 4 is 34.9 Å². The number of amides is 2. The van der Waals surface area contributed by atoms with Crippen LogP contribution in [0.1, 0.15) is 37.1 Å². The van der Waals surface area contributed by atoms with Crippen LogP contribution in [-0.4, -0.2) is 76.7 Å². The number of pyridine rings is 1. The molecule has 14 heteroatoms. The Balaban J connectivity index is 1.56. The third-order valence-corrected chi connectivity index (χ3v) is 7.05. The number of hydrogen-bond donors (Lipinski definition) is 1. The summed E-state index contributed by atoms with van der Waals surface area (Å²) < 4.78 is 40.3. The molecule has 1 N–H and O–H groups in total. The van der Waals surface area contributed by atoms with E-state index in [1.165, 1.54) is 33.9 Å². The molecule has 2 amide bonds. The van der Waals surface area contributed by atoms with Gasteiger partial charge >= 0.3 is 12.2 Å². The molecule has 234 valence electrons. The van der Waals surface area contributed by atoms with E-state index in [1.807, 2.05) is 0 Å². The number of rotatable bonds is 12. The number of aromatic nitrogens is 3. The Labute approximate surface area is 251 Å². The molecule has 1 aliphatic carbocycles. The molecule has 0 saturated heterocycles. The van der Waals surface area contributed by atoms with E-state index in [9.17, 15) is 32.8 Å². The fourth-order valence-corrected chi connectivity index (χ4v) is 4.39. The standard InChI is InChI=1S/C30H33F2N5O7/c1-35(2)27(39)9-5-4-8-22(34-29(41)43-3)25(38)13-19-7-6-12-36(28(19)40)16-26-33-23-14-20(31)21(32)15-24(23)37(26)30(42)44-17-18-10-11-18/h5-7,9,12,14-15,18,22H,4,8,10-11,13,16-17H2,1-3H3,(H,34,41)/b9-5+/t22-/m0/s1. The van der Waals surface area contributed by atoms with Gasteiger partial charge in [-0.25, -0.2) is 27.9 Å². The van der Waals surface area contributed by atoms with Crippen molar-refractivity contribution in [3.05, 3.63) is 76.0 Å². The Morgan fingerprint density at radius 1 is 1.18 bits per heavy atom. The molecule has 1 saturated carbocycles. The van der Waals surface area contributed by atoms with Gasteiger partial charge < -0.3 is 24.3 Å². The molecule has 2 aromatic heterocycles. The predicted molar refractivity (Wildman–Crippen MR) is 154 cm³/mol. The largest absolute Gasteiger partial charge is 0.453 e. The smallest absolute Gasteiger partial charge is 0.420 e. The first-order valence-electron chi connectivity index (χ1n) is 13.9. The van der Waals surface area contributed by atoms with Crippen molar-refractivity contribution in [2.75, 3.05) is 27.8 Å². The minimum atomic E-state index is -1.17. The molecule has 0 bridgehead atoms. The quantitative estimate of drug-likeness (QED) is 0.307. The topological polar surface area (TPSA) is 142 Å². The summed E-state index contributed by atoms with van der Waals surface area (Å²) in [5, 5.41) is 2.46. The third kappa shape index (κ3) is 7.94. The van der Waals surface area contributed by atoms with Gasteiger partial charge in [-0.05, 0) is 43.7 Å². The number of carbonyl (C=O) groups excluding carboxylic acids is 4. The molecule has 4 rings (SSSR count). The summed E-state index contributed by atoms with van der Waals surface area (Å²) in [6.45, 7) is -0.104. The Morgan fingerprint density at radius 3 is 2.59 bits per heavy atom. The highest BCUT2D eigenvalue weighted by atomic mass is 19.2. The number of ketones is 1. The number of alkyl carbamates (subject to hydrolysis) is 1. The molecule has 1 aliphatic rings. The van der Waals surface area contributed by atoms with Crippen LogP contribution in [0.5, 0.6) is 0 Å². The van der Waals surface area contributed by atoms with Gasteiger partial charge in [0.05, 0.1) is 37.3 Å². The zero-order valence-corrected chi connectivity index (χ0v) is 24.5. The molecule has 1 atom stereocenters. The summed E-state index contributed by atoms with van der Waals surface area (Å²) in [4.78, 5) is 69.0. The van der Waals surface area contributed by atoms with E-state index in [0.29, 0.717) is 0 Å². The van der Waals surface area contributed by atoms with E-state index >= 15 is 0 Å². The van der Waals surface area contributed by atoms with Crippen LogP contribution < -0.4 is 10.9 Å². The number of benzene rings is 1. The number of Topliss-reactive ketones (excluding diaryl/α,β-unsaturated/α-hetero) is 1. The van der Waals surface area contributed by atoms with Gasteiger partial charge in [0.1, 0.15) is 5.82 Å². The van der Waals surface area contributed by atoms with E-state index in [4.69, 9.17) is 4.74 Å². The summed E-state index contributed by atoms with van der Waals surface area (Å²) in [5.41, 5.74) is -0.489. The normalized spacial score (nSPS) is 13.6. The second-order valence-electron chi connectivity index (χ2n) is 10.6. The lowest BCUT2D eigenvalue weighted by Gasteiger charge is -2.16. The molecule has 1 aromatic carbocycles. The Bertz CT molecular complexity index is 1660. The Hall–Kier alpha value is -4.88. The molecule has 0 spiro atoms. The van der Waals surface area contributed by atoms with Crippen LogP contribution in [0.25, 0.3) is 11.0 Å². The maximum Gasteiger partial charge on any atom is 0.420 e. The highest BCUT2D eigenvalue weighted by Gasteiger charge is 2.27. The monoisotopic (exact) mass is 613 g/mol. The summed E-state index contributed by atoms with van der Waals surface area (Å²) >= 11 is 0. The van der Waals surface area contributed by atoms with Crippen LogP contribution in [-0.2, 0) is 32.0 Å². The third-order valence-electron chi connectivity index (χ3n) is 7.05. The van der Waals surface area contributed by atoms with E-state index in [2.05, 4.69) is 15.0 Å². The number of nitrogens with one attached hydrogen (secondary N) is 1. The van der Waals surface area contributed by atoms with Crippen molar-refractivity contribution in [1.29, 1.82) is 0 Å². The Kier molecular flexibility index (Phi) is 10.2. The van der Waals surface area contributed by atoms with Crippen LogP contribution in [0.3, 0.4) is 0 Å². The first-order valence-corrected chi connectivity index (χ1v) is 13.9. The van der Waals surface area contributed by atoms with Gasteiger partial charge in [0.25, 0.3) is 5.56 Å². The number of nitrogens with zero attached hydrogens (tertiary/aromatic N) is 4. The van der Waals surface area contributed by atoms with Crippen molar-refractivity contribution < 1.29 is 37.4 Å². The average Bonchev–Trinajstić information content (AvgIpc) is 3.76. The number of methoxy groups -OCH3 is 1. The van der Waals surface area contributed by atoms with Crippen LogP contribution in [0.4, 0.5) is 18.4 Å². The average molecular weight is 614 g/mol. The van der Waals surface area contributed by atoms with Crippen molar-refractivity contribution in [2.45, 2.75) is 44.7 Å². The van der Waals surface area contributed by atoms with E-state index < -0.39 is 41.2 Å². The second kappa shape index (κ2) is 14.1. The number of allylic oxidation sites excluding steroid dienone is 1. The van der Waals surface area contributed by atoms with Gasteiger partial charge in [0, 0.05) is 44.4 Å². The van der Waals surface area contributed by atoms with E-state index in [0.717, 1.165) is 36.7 Å². The number of halogens is 2. The molecule has 0 aliphatic heterocycles. The van der Waals surface area contributed by atoms with E-state index in [-0.39, 0.29) is 66.7 Å². The van der Waals surface area contributed by atoms with Gasteiger partial charge in [0.2, 0.25) is 5.91 Å². The molecule has 2 heterocycles. The number of carbonyl (C=O) groups is 4. The lowest BCUT2D eigenvalue weighted by Crippen LogP contribution is -2.42.